The summed E-state index contributed by atoms with van der Waals surface area (Å²) < 4.78 is 0. The Bertz CT molecular complexity index is 323. The zero-order chi connectivity index (χ0) is 15.6. The van der Waals surface area contributed by atoms with Crippen LogP contribution in [-0.2, 0) is 0 Å². The molecule has 0 aromatic heterocycles. The van der Waals surface area contributed by atoms with E-state index in [1.54, 1.807) is 0 Å². The van der Waals surface area contributed by atoms with E-state index in [-0.39, 0.29) is 0 Å². The predicted molar refractivity (Wildman–Crippen MR) is 91.7 cm³/mol. The zero-order valence-corrected chi connectivity index (χ0v) is 15.2. The number of hydrogen-bond donors (Lipinski definition) is 1. The molecule has 4 atom stereocenters. The van der Waals surface area contributed by atoms with Gasteiger partial charge in [0, 0.05) is 38.3 Å². The third kappa shape index (κ3) is 4.43. The highest BCUT2D eigenvalue weighted by molar-refractivity contribution is 4.91. The molecule has 2 fully saturated rings. The molecule has 0 aromatic carbocycles. The molecule has 3 nitrogen and oxygen atoms in total. The van der Waals surface area contributed by atoms with Gasteiger partial charge in [-0.1, -0.05) is 20.8 Å². The van der Waals surface area contributed by atoms with Crippen LogP contribution >= 0.6 is 0 Å². The van der Waals surface area contributed by atoms with Gasteiger partial charge in [0.25, 0.3) is 0 Å². The summed E-state index contributed by atoms with van der Waals surface area (Å²) >= 11 is 0. The summed E-state index contributed by atoms with van der Waals surface area (Å²) in [6, 6.07) is 1.42. The SMILES string of the molecule is CNC1CCC(C(C)(C)C)CC1CN1CCN(C)C(C)C1. The van der Waals surface area contributed by atoms with Crippen LogP contribution in [0.15, 0.2) is 0 Å². The molecule has 1 N–H and O–H groups in total. The summed E-state index contributed by atoms with van der Waals surface area (Å²) in [5, 5.41) is 3.60. The van der Waals surface area contributed by atoms with Gasteiger partial charge < -0.3 is 15.1 Å². The molecule has 2 rings (SSSR count). The number of rotatable bonds is 3. The van der Waals surface area contributed by atoms with Crippen LogP contribution < -0.4 is 5.32 Å². The van der Waals surface area contributed by atoms with Crippen LogP contribution in [0.3, 0.4) is 0 Å². The molecule has 21 heavy (non-hydrogen) atoms. The highest BCUT2D eigenvalue weighted by Crippen LogP contribution is 2.40. The molecule has 3 heteroatoms. The Kier molecular flexibility index (Phi) is 5.72. The van der Waals surface area contributed by atoms with Gasteiger partial charge in [-0.2, -0.15) is 0 Å². The molecule has 2 aliphatic rings. The van der Waals surface area contributed by atoms with E-state index in [0.717, 1.165) is 17.9 Å². The number of nitrogens with one attached hydrogen (secondary N) is 1. The Morgan fingerprint density at radius 2 is 1.86 bits per heavy atom. The van der Waals surface area contributed by atoms with Gasteiger partial charge in [-0.25, -0.2) is 0 Å². The lowest BCUT2D eigenvalue weighted by atomic mass is 9.67. The second kappa shape index (κ2) is 6.97. The van der Waals surface area contributed by atoms with Crippen LogP contribution in [-0.4, -0.2) is 62.2 Å². The first-order valence-electron chi connectivity index (χ1n) is 8.91. The summed E-state index contributed by atoms with van der Waals surface area (Å²) in [6.07, 6.45) is 4.15. The van der Waals surface area contributed by atoms with E-state index in [1.807, 2.05) is 0 Å². The molecule has 1 saturated carbocycles. The minimum Gasteiger partial charge on any atom is -0.317 e. The van der Waals surface area contributed by atoms with Crippen molar-refractivity contribution < 1.29 is 0 Å². The standard InChI is InChI=1S/C18H37N3/c1-14-12-21(10-9-20(14)6)13-15-11-16(18(2,3)4)7-8-17(15)19-5/h14-17,19H,7-13H2,1-6H3. The van der Waals surface area contributed by atoms with Crippen LogP contribution in [0.1, 0.15) is 47.0 Å². The smallest absolute Gasteiger partial charge is 0.0192 e. The molecular weight excluding hydrogens is 258 g/mol. The zero-order valence-electron chi connectivity index (χ0n) is 15.2. The molecule has 0 spiro atoms. The molecule has 1 heterocycles. The van der Waals surface area contributed by atoms with Gasteiger partial charge in [0.2, 0.25) is 0 Å². The lowest BCUT2D eigenvalue weighted by Crippen LogP contribution is -2.53. The van der Waals surface area contributed by atoms with Crippen LogP contribution in [0.5, 0.6) is 0 Å². The average Bonchev–Trinajstić information content (AvgIpc) is 2.42. The van der Waals surface area contributed by atoms with E-state index < -0.39 is 0 Å². The molecule has 0 bridgehead atoms. The van der Waals surface area contributed by atoms with Gasteiger partial charge in [0.1, 0.15) is 0 Å². The molecule has 0 amide bonds. The van der Waals surface area contributed by atoms with Gasteiger partial charge in [-0.15, -0.1) is 0 Å². The van der Waals surface area contributed by atoms with Crippen LogP contribution in [0.2, 0.25) is 0 Å². The van der Waals surface area contributed by atoms with Crippen molar-refractivity contribution in [3.05, 3.63) is 0 Å². The molecule has 1 aliphatic carbocycles. The van der Waals surface area contributed by atoms with Crippen molar-refractivity contribution in [1.82, 2.24) is 15.1 Å². The Morgan fingerprint density at radius 3 is 2.43 bits per heavy atom. The normalized spacial score (nSPS) is 36.9. The second-order valence-corrected chi connectivity index (χ2v) is 8.62. The summed E-state index contributed by atoms with van der Waals surface area (Å²) in [5.41, 5.74) is 0.465. The van der Waals surface area contributed by atoms with Gasteiger partial charge in [-0.3, -0.25) is 0 Å². The molecule has 4 unspecified atom stereocenters. The summed E-state index contributed by atoms with van der Waals surface area (Å²) in [4.78, 5) is 5.20. The van der Waals surface area contributed by atoms with E-state index >= 15 is 0 Å². The Morgan fingerprint density at radius 1 is 1.14 bits per heavy atom. The maximum atomic E-state index is 3.60. The van der Waals surface area contributed by atoms with E-state index in [0.29, 0.717) is 11.5 Å². The molecule has 124 valence electrons. The van der Waals surface area contributed by atoms with Crippen LogP contribution in [0, 0.1) is 17.3 Å². The fourth-order valence-corrected chi connectivity index (χ4v) is 4.25. The van der Waals surface area contributed by atoms with Gasteiger partial charge in [0.05, 0.1) is 0 Å². The molecule has 0 aromatic rings. The average molecular weight is 296 g/mol. The van der Waals surface area contributed by atoms with E-state index in [4.69, 9.17) is 0 Å². The first-order valence-corrected chi connectivity index (χ1v) is 8.91. The minimum absolute atomic E-state index is 0.465. The van der Waals surface area contributed by atoms with Crippen LogP contribution in [0.25, 0.3) is 0 Å². The topological polar surface area (TPSA) is 18.5 Å². The lowest BCUT2D eigenvalue weighted by Gasteiger charge is -2.45. The van der Waals surface area contributed by atoms with Crippen molar-refractivity contribution >= 4 is 0 Å². The summed E-state index contributed by atoms with van der Waals surface area (Å²) in [5.74, 6) is 1.71. The number of piperazine rings is 1. The Balaban J connectivity index is 1.95. The summed E-state index contributed by atoms with van der Waals surface area (Å²) in [7, 11) is 4.41. The predicted octanol–water partition coefficient (Wildman–Crippen LogP) is 2.67. The molecule has 0 radical (unpaired) electrons. The first-order chi connectivity index (χ1) is 9.81. The third-order valence-corrected chi connectivity index (χ3v) is 6.11. The quantitative estimate of drug-likeness (QED) is 0.863. The van der Waals surface area contributed by atoms with Crippen molar-refractivity contribution in [2.45, 2.75) is 59.0 Å². The van der Waals surface area contributed by atoms with Gasteiger partial charge in [0.15, 0.2) is 0 Å². The molecule has 1 aliphatic heterocycles. The van der Waals surface area contributed by atoms with Gasteiger partial charge in [-0.05, 0) is 57.5 Å². The lowest BCUT2D eigenvalue weighted by molar-refractivity contribution is 0.0543. The van der Waals surface area contributed by atoms with E-state index in [2.05, 4.69) is 56.9 Å². The second-order valence-electron chi connectivity index (χ2n) is 8.62. The van der Waals surface area contributed by atoms with E-state index in [1.165, 1.54) is 45.4 Å². The Hall–Kier alpha value is -0.120. The highest BCUT2D eigenvalue weighted by atomic mass is 15.3. The first kappa shape index (κ1) is 17.2. The van der Waals surface area contributed by atoms with Crippen molar-refractivity contribution in [1.29, 1.82) is 0 Å². The fourth-order valence-electron chi connectivity index (χ4n) is 4.25. The largest absolute Gasteiger partial charge is 0.317 e. The van der Waals surface area contributed by atoms with Crippen molar-refractivity contribution in [3.63, 3.8) is 0 Å². The van der Waals surface area contributed by atoms with Crippen LogP contribution in [0.4, 0.5) is 0 Å². The number of likely N-dealkylation sites (N-methyl/N-ethyl adjacent to an activating group) is 1. The number of nitrogens with zero attached hydrogens (tertiary/aromatic N) is 2. The fraction of sp³-hybridized carbons (Fsp3) is 1.00. The van der Waals surface area contributed by atoms with Crippen molar-refractivity contribution in [3.8, 4) is 0 Å². The third-order valence-electron chi connectivity index (χ3n) is 6.11. The van der Waals surface area contributed by atoms with Gasteiger partial charge >= 0.3 is 0 Å². The minimum atomic E-state index is 0.465. The van der Waals surface area contributed by atoms with E-state index in [9.17, 15) is 0 Å². The van der Waals surface area contributed by atoms with Crippen molar-refractivity contribution in [2.24, 2.45) is 17.3 Å². The maximum Gasteiger partial charge on any atom is 0.0192 e. The Labute approximate surface area is 132 Å². The number of hydrogen-bond acceptors (Lipinski definition) is 3. The maximum absolute atomic E-state index is 3.60. The highest BCUT2D eigenvalue weighted by Gasteiger charge is 2.36. The summed E-state index contributed by atoms with van der Waals surface area (Å²) in [6.45, 7) is 14.6. The monoisotopic (exact) mass is 295 g/mol. The molecule has 1 saturated heterocycles. The van der Waals surface area contributed by atoms with Crippen molar-refractivity contribution in [2.75, 3.05) is 40.3 Å². The molecular formula is C18H37N3.